The number of hydrogen-bond donors (Lipinski definition) is 0. The second-order valence-corrected chi connectivity index (χ2v) is 6.96. The Bertz CT molecular complexity index is 647. The summed E-state index contributed by atoms with van der Waals surface area (Å²) in [5.41, 5.74) is 0.609. The molecule has 2 aliphatic rings. The Morgan fingerprint density at radius 2 is 1.73 bits per heavy atom. The number of amides is 2. The lowest BCUT2D eigenvalue weighted by atomic mass is 9.94. The van der Waals surface area contributed by atoms with E-state index < -0.39 is 0 Å². The van der Waals surface area contributed by atoms with Crippen LogP contribution in [-0.2, 0) is 4.79 Å². The van der Waals surface area contributed by atoms with Crippen molar-refractivity contribution in [2.75, 3.05) is 33.0 Å². The molecule has 2 aliphatic heterocycles. The summed E-state index contributed by atoms with van der Waals surface area (Å²) in [6, 6.07) is 5.29. The highest BCUT2D eigenvalue weighted by molar-refractivity contribution is 5.95. The first-order valence-electron chi connectivity index (χ1n) is 9.61. The van der Waals surface area contributed by atoms with Gasteiger partial charge in [0, 0.05) is 37.7 Å². The van der Waals surface area contributed by atoms with E-state index in [0.29, 0.717) is 30.2 Å². The van der Waals surface area contributed by atoms with E-state index in [1.165, 1.54) is 0 Å². The van der Waals surface area contributed by atoms with Gasteiger partial charge in [0.2, 0.25) is 12.7 Å². The van der Waals surface area contributed by atoms with E-state index in [0.717, 1.165) is 38.8 Å². The summed E-state index contributed by atoms with van der Waals surface area (Å²) < 4.78 is 10.6. The van der Waals surface area contributed by atoms with Crippen LogP contribution in [0.3, 0.4) is 0 Å². The van der Waals surface area contributed by atoms with Gasteiger partial charge in [0.05, 0.1) is 0 Å². The van der Waals surface area contributed by atoms with Gasteiger partial charge in [-0.15, -0.1) is 0 Å². The van der Waals surface area contributed by atoms with E-state index in [-0.39, 0.29) is 24.5 Å². The third-order valence-electron chi connectivity index (χ3n) is 5.05. The molecule has 0 spiro atoms. The van der Waals surface area contributed by atoms with Crippen molar-refractivity contribution < 1.29 is 19.1 Å². The Morgan fingerprint density at radius 3 is 2.38 bits per heavy atom. The van der Waals surface area contributed by atoms with E-state index in [4.69, 9.17) is 9.47 Å². The summed E-state index contributed by atoms with van der Waals surface area (Å²) in [6.07, 6.45) is 3.43. The minimum absolute atomic E-state index is 0.00632. The van der Waals surface area contributed by atoms with Gasteiger partial charge < -0.3 is 19.3 Å². The van der Waals surface area contributed by atoms with E-state index in [9.17, 15) is 9.59 Å². The van der Waals surface area contributed by atoms with Crippen molar-refractivity contribution in [2.45, 2.75) is 39.5 Å². The van der Waals surface area contributed by atoms with Crippen LogP contribution in [0.2, 0.25) is 0 Å². The highest BCUT2D eigenvalue weighted by Gasteiger charge is 2.30. The lowest BCUT2D eigenvalue weighted by molar-refractivity contribution is -0.137. The van der Waals surface area contributed by atoms with Gasteiger partial charge in [0.1, 0.15) is 0 Å². The average Bonchev–Trinajstić information content (AvgIpc) is 3.14. The highest BCUT2D eigenvalue weighted by atomic mass is 16.7. The molecule has 142 valence electrons. The first-order valence-corrected chi connectivity index (χ1v) is 9.61. The van der Waals surface area contributed by atoms with Gasteiger partial charge in [0.25, 0.3) is 5.91 Å². The molecule has 6 heteroatoms. The number of carbonyl (C=O) groups excluding carboxylic acids is 2. The molecule has 26 heavy (non-hydrogen) atoms. The SMILES string of the molecule is CCCN(CCC)C(=O)C1CCN(C(=O)c2ccc3c(c2)OCO3)CC1. The van der Waals surface area contributed by atoms with Crippen molar-refractivity contribution in [1.82, 2.24) is 9.80 Å². The standard InChI is InChI=1S/C20H28N2O4/c1-3-9-21(10-4-2)19(23)15-7-11-22(12-8-15)20(24)16-5-6-17-18(13-16)26-14-25-17/h5-6,13,15H,3-4,7-12,14H2,1-2H3. The number of carbonyl (C=O) groups is 2. The summed E-state index contributed by atoms with van der Waals surface area (Å²) in [5, 5.41) is 0. The van der Waals surface area contributed by atoms with E-state index in [1.54, 1.807) is 18.2 Å². The van der Waals surface area contributed by atoms with Gasteiger partial charge in [-0.1, -0.05) is 13.8 Å². The number of rotatable bonds is 6. The quantitative estimate of drug-likeness (QED) is 0.783. The zero-order valence-corrected chi connectivity index (χ0v) is 15.7. The minimum atomic E-state index is -0.00632. The molecule has 0 aromatic heterocycles. The van der Waals surface area contributed by atoms with Gasteiger partial charge >= 0.3 is 0 Å². The molecular weight excluding hydrogens is 332 g/mol. The maximum atomic E-state index is 12.7. The van der Waals surface area contributed by atoms with Crippen LogP contribution in [0.4, 0.5) is 0 Å². The van der Waals surface area contributed by atoms with E-state index >= 15 is 0 Å². The fourth-order valence-corrected chi connectivity index (χ4v) is 3.67. The molecule has 1 saturated heterocycles. The van der Waals surface area contributed by atoms with Crippen molar-refractivity contribution >= 4 is 11.8 Å². The van der Waals surface area contributed by atoms with Gasteiger partial charge in [-0.05, 0) is 43.9 Å². The molecule has 2 heterocycles. The Kier molecular flexibility index (Phi) is 6.01. The van der Waals surface area contributed by atoms with Gasteiger partial charge in [-0.3, -0.25) is 9.59 Å². The van der Waals surface area contributed by atoms with Crippen LogP contribution in [0, 0.1) is 5.92 Å². The fraction of sp³-hybridized carbons (Fsp3) is 0.600. The van der Waals surface area contributed by atoms with E-state index in [1.807, 2.05) is 9.80 Å². The molecule has 0 bridgehead atoms. The van der Waals surface area contributed by atoms with Crippen LogP contribution < -0.4 is 9.47 Å². The smallest absolute Gasteiger partial charge is 0.253 e. The van der Waals surface area contributed by atoms with Crippen LogP contribution in [0.1, 0.15) is 49.9 Å². The molecule has 2 amide bonds. The Hall–Kier alpha value is -2.24. The topological polar surface area (TPSA) is 59.1 Å². The maximum absolute atomic E-state index is 12.7. The molecule has 0 unspecified atom stereocenters. The number of likely N-dealkylation sites (tertiary alicyclic amines) is 1. The predicted molar refractivity (Wildman–Crippen MR) is 98.4 cm³/mol. The van der Waals surface area contributed by atoms with Crippen molar-refractivity contribution in [3.05, 3.63) is 23.8 Å². The lowest BCUT2D eigenvalue weighted by Gasteiger charge is -2.34. The average molecular weight is 360 g/mol. The summed E-state index contributed by atoms with van der Waals surface area (Å²) in [4.78, 5) is 29.3. The van der Waals surface area contributed by atoms with Gasteiger partial charge in [0.15, 0.2) is 11.5 Å². The summed E-state index contributed by atoms with van der Waals surface area (Å²) in [6.45, 7) is 7.29. The first-order chi connectivity index (χ1) is 12.6. The molecule has 0 aliphatic carbocycles. The Balaban J connectivity index is 1.57. The summed E-state index contributed by atoms with van der Waals surface area (Å²) in [5.74, 6) is 1.58. The van der Waals surface area contributed by atoms with Gasteiger partial charge in [-0.2, -0.15) is 0 Å². The third kappa shape index (κ3) is 3.94. The zero-order chi connectivity index (χ0) is 18.5. The van der Waals surface area contributed by atoms with Crippen molar-refractivity contribution in [3.63, 3.8) is 0 Å². The number of benzene rings is 1. The monoisotopic (exact) mass is 360 g/mol. The van der Waals surface area contributed by atoms with Crippen LogP contribution in [-0.4, -0.2) is 54.6 Å². The number of nitrogens with zero attached hydrogens (tertiary/aromatic N) is 2. The second-order valence-electron chi connectivity index (χ2n) is 6.96. The van der Waals surface area contributed by atoms with Crippen molar-refractivity contribution in [3.8, 4) is 11.5 Å². The highest BCUT2D eigenvalue weighted by Crippen LogP contribution is 2.33. The third-order valence-corrected chi connectivity index (χ3v) is 5.05. The van der Waals surface area contributed by atoms with Gasteiger partial charge in [-0.25, -0.2) is 0 Å². The normalized spacial score (nSPS) is 16.6. The van der Waals surface area contributed by atoms with Crippen molar-refractivity contribution in [2.24, 2.45) is 5.92 Å². The number of piperidine rings is 1. The molecule has 0 atom stereocenters. The number of fused-ring (bicyclic) bond motifs is 1. The summed E-state index contributed by atoms with van der Waals surface area (Å²) in [7, 11) is 0. The maximum Gasteiger partial charge on any atom is 0.253 e. The van der Waals surface area contributed by atoms with Crippen LogP contribution in [0.15, 0.2) is 18.2 Å². The van der Waals surface area contributed by atoms with E-state index in [2.05, 4.69) is 13.8 Å². The second kappa shape index (κ2) is 8.43. The number of hydrogen-bond acceptors (Lipinski definition) is 4. The van der Waals surface area contributed by atoms with Crippen LogP contribution >= 0.6 is 0 Å². The molecule has 3 rings (SSSR count). The fourth-order valence-electron chi connectivity index (χ4n) is 3.67. The largest absolute Gasteiger partial charge is 0.454 e. The molecule has 1 aromatic carbocycles. The molecular formula is C20H28N2O4. The summed E-state index contributed by atoms with van der Waals surface area (Å²) >= 11 is 0. The molecule has 1 fully saturated rings. The minimum Gasteiger partial charge on any atom is -0.454 e. The molecule has 0 N–H and O–H groups in total. The lowest BCUT2D eigenvalue weighted by Crippen LogP contribution is -2.44. The van der Waals surface area contributed by atoms with Crippen LogP contribution in [0.25, 0.3) is 0 Å². The zero-order valence-electron chi connectivity index (χ0n) is 15.7. The molecule has 6 nitrogen and oxygen atoms in total. The van der Waals surface area contributed by atoms with Crippen LogP contribution in [0.5, 0.6) is 11.5 Å². The first kappa shape index (κ1) is 18.5. The number of ether oxygens (including phenoxy) is 2. The molecule has 0 radical (unpaired) electrons. The Labute approximate surface area is 155 Å². The molecule has 0 saturated carbocycles. The molecule has 1 aromatic rings. The Morgan fingerprint density at radius 1 is 1.08 bits per heavy atom. The predicted octanol–water partition coefficient (Wildman–Crippen LogP) is 2.92. The van der Waals surface area contributed by atoms with Crippen molar-refractivity contribution in [1.29, 1.82) is 0 Å².